The molecule has 0 aliphatic carbocycles. The monoisotopic (exact) mass is 279 g/mol. The molecule has 1 aromatic carbocycles. The summed E-state index contributed by atoms with van der Waals surface area (Å²) in [5.41, 5.74) is 1.18. The highest BCUT2D eigenvalue weighted by atomic mass is 16.5. The predicted molar refractivity (Wildman–Crippen MR) is 80.1 cm³/mol. The molecule has 0 bridgehead atoms. The standard InChI is InChI=1S/C16H25NO3/c1-4-20-15-12(11-13-7-5-6-10-17-13)8-9-14(18-2)16(15)19-3/h8-9,13,17H,4-7,10-11H2,1-3H3. The molecule has 1 unspecified atom stereocenters. The Bertz CT molecular complexity index is 428. The van der Waals surface area contributed by atoms with Crippen LogP contribution in [0.15, 0.2) is 12.1 Å². The van der Waals surface area contributed by atoms with Gasteiger partial charge >= 0.3 is 0 Å². The van der Waals surface area contributed by atoms with E-state index in [1.165, 1.54) is 24.8 Å². The van der Waals surface area contributed by atoms with Crippen LogP contribution in [-0.4, -0.2) is 33.4 Å². The lowest BCUT2D eigenvalue weighted by atomic mass is 9.97. The van der Waals surface area contributed by atoms with Crippen LogP contribution in [0, 0.1) is 0 Å². The molecule has 1 fully saturated rings. The van der Waals surface area contributed by atoms with E-state index in [9.17, 15) is 0 Å². The molecule has 1 N–H and O–H groups in total. The van der Waals surface area contributed by atoms with Crippen LogP contribution in [0.1, 0.15) is 31.7 Å². The minimum atomic E-state index is 0.529. The predicted octanol–water partition coefficient (Wildman–Crippen LogP) is 2.79. The molecule has 0 spiro atoms. The lowest BCUT2D eigenvalue weighted by Gasteiger charge is -2.25. The Morgan fingerprint density at radius 1 is 1.15 bits per heavy atom. The number of rotatable bonds is 6. The highest BCUT2D eigenvalue weighted by Gasteiger charge is 2.20. The van der Waals surface area contributed by atoms with Crippen molar-refractivity contribution in [3.63, 3.8) is 0 Å². The second kappa shape index (κ2) is 7.39. The molecular weight excluding hydrogens is 254 g/mol. The van der Waals surface area contributed by atoms with E-state index in [4.69, 9.17) is 14.2 Å². The molecule has 0 aromatic heterocycles. The molecule has 1 heterocycles. The molecule has 0 radical (unpaired) electrons. The number of hydrogen-bond acceptors (Lipinski definition) is 4. The van der Waals surface area contributed by atoms with Crippen molar-refractivity contribution in [1.29, 1.82) is 0 Å². The Balaban J connectivity index is 2.25. The first-order chi connectivity index (χ1) is 9.80. The zero-order valence-corrected chi connectivity index (χ0v) is 12.7. The maximum absolute atomic E-state index is 5.81. The molecule has 0 amide bonds. The van der Waals surface area contributed by atoms with Crippen molar-refractivity contribution >= 4 is 0 Å². The topological polar surface area (TPSA) is 39.7 Å². The van der Waals surface area contributed by atoms with E-state index in [2.05, 4.69) is 11.4 Å². The quantitative estimate of drug-likeness (QED) is 0.869. The van der Waals surface area contributed by atoms with E-state index >= 15 is 0 Å². The van der Waals surface area contributed by atoms with Gasteiger partial charge in [-0.05, 0) is 44.4 Å². The third-order valence-corrected chi connectivity index (χ3v) is 3.75. The van der Waals surface area contributed by atoms with Crippen LogP contribution in [0.25, 0.3) is 0 Å². The van der Waals surface area contributed by atoms with Gasteiger partial charge in [0.1, 0.15) is 0 Å². The summed E-state index contributed by atoms with van der Waals surface area (Å²) in [7, 11) is 3.30. The summed E-state index contributed by atoms with van der Waals surface area (Å²) < 4.78 is 16.6. The van der Waals surface area contributed by atoms with Gasteiger partial charge < -0.3 is 19.5 Å². The number of benzene rings is 1. The Hall–Kier alpha value is -1.42. The van der Waals surface area contributed by atoms with Crippen molar-refractivity contribution in [1.82, 2.24) is 5.32 Å². The molecule has 1 aliphatic rings. The van der Waals surface area contributed by atoms with Crippen LogP contribution in [-0.2, 0) is 6.42 Å². The normalized spacial score (nSPS) is 18.6. The minimum absolute atomic E-state index is 0.529. The van der Waals surface area contributed by atoms with Crippen LogP contribution in [0.5, 0.6) is 17.2 Å². The van der Waals surface area contributed by atoms with E-state index in [1.54, 1.807) is 14.2 Å². The average Bonchev–Trinajstić information content (AvgIpc) is 2.49. The van der Waals surface area contributed by atoms with E-state index in [-0.39, 0.29) is 0 Å². The first-order valence-electron chi connectivity index (χ1n) is 7.40. The molecule has 20 heavy (non-hydrogen) atoms. The maximum atomic E-state index is 5.81. The molecule has 4 heteroatoms. The Labute approximate surface area is 121 Å². The summed E-state index contributed by atoms with van der Waals surface area (Å²) in [4.78, 5) is 0. The highest BCUT2D eigenvalue weighted by molar-refractivity contribution is 5.56. The lowest BCUT2D eigenvalue weighted by Crippen LogP contribution is -2.35. The van der Waals surface area contributed by atoms with E-state index < -0.39 is 0 Å². The van der Waals surface area contributed by atoms with Gasteiger partial charge in [0.2, 0.25) is 5.75 Å². The highest BCUT2D eigenvalue weighted by Crippen LogP contribution is 2.40. The Morgan fingerprint density at radius 3 is 2.60 bits per heavy atom. The van der Waals surface area contributed by atoms with Gasteiger partial charge in [0, 0.05) is 6.04 Å². The molecule has 1 saturated heterocycles. The third kappa shape index (κ3) is 3.37. The third-order valence-electron chi connectivity index (χ3n) is 3.75. The van der Waals surface area contributed by atoms with Crippen LogP contribution in [0.4, 0.5) is 0 Å². The van der Waals surface area contributed by atoms with Crippen molar-refractivity contribution in [2.24, 2.45) is 0 Å². The first kappa shape index (κ1) is 15.0. The summed E-state index contributed by atoms with van der Waals surface area (Å²) in [6.07, 6.45) is 4.77. The van der Waals surface area contributed by atoms with E-state index in [1.807, 2.05) is 13.0 Å². The van der Waals surface area contributed by atoms with Crippen LogP contribution in [0.2, 0.25) is 0 Å². The average molecular weight is 279 g/mol. The molecule has 2 rings (SSSR count). The van der Waals surface area contributed by atoms with Gasteiger partial charge in [-0.1, -0.05) is 12.5 Å². The zero-order chi connectivity index (χ0) is 14.4. The molecular formula is C16H25NO3. The van der Waals surface area contributed by atoms with Crippen LogP contribution < -0.4 is 19.5 Å². The SMILES string of the molecule is CCOc1c(CC2CCCCN2)ccc(OC)c1OC. The van der Waals surface area contributed by atoms with Gasteiger partial charge in [-0.15, -0.1) is 0 Å². The lowest BCUT2D eigenvalue weighted by molar-refractivity contribution is 0.291. The van der Waals surface area contributed by atoms with Gasteiger partial charge in [0.05, 0.1) is 20.8 Å². The molecule has 112 valence electrons. The van der Waals surface area contributed by atoms with E-state index in [0.29, 0.717) is 18.4 Å². The summed E-state index contributed by atoms with van der Waals surface area (Å²) >= 11 is 0. The first-order valence-corrected chi connectivity index (χ1v) is 7.40. The largest absolute Gasteiger partial charge is 0.493 e. The van der Waals surface area contributed by atoms with Crippen molar-refractivity contribution in [2.45, 2.75) is 38.6 Å². The van der Waals surface area contributed by atoms with Crippen LogP contribution >= 0.6 is 0 Å². The fourth-order valence-corrected chi connectivity index (χ4v) is 2.77. The smallest absolute Gasteiger partial charge is 0.203 e. The molecule has 1 aliphatic heterocycles. The molecule has 1 aromatic rings. The van der Waals surface area contributed by atoms with Gasteiger partial charge in [0.15, 0.2) is 11.5 Å². The van der Waals surface area contributed by atoms with Crippen molar-refractivity contribution < 1.29 is 14.2 Å². The fraction of sp³-hybridized carbons (Fsp3) is 0.625. The van der Waals surface area contributed by atoms with Gasteiger partial charge in [0.25, 0.3) is 0 Å². The Morgan fingerprint density at radius 2 is 2.00 bits per heavy atom. The number of hydrogen-bond donors (Lipinski definition) is 1. The van der Waals surface area contributed by atoms with Crippen molar-refractivity contribution in [3.8, 4) is 17.2 Å². The van der Waals surface area contributed by atoms with Crippen molar-refractivity contribution in [2.75, 3.05) is 27.4 Å². The molecule has 1 atom stereocenters. The second-order valence-corrected chi connectivity index (χ2v) is 5.07. The fourth-order valence-electron chi connectivity index (χ4n) is 2.77. The number of piperidine rings is 1. The summed E-state index contributed by atoms with van der Waals surface area (Å²) in [6, 6.07) is 4.57. The zero-order valence-electron chi connectivity index (χ0n) is 12.7. The van der Waals surface area contributed by atoms with Gasteiger partial charge in [-0.3, -0.25) is 0 Å². The number of methoxy groups -OCH3 is 2. The Kier molecular flexibility index (Phi) is 5.53. The summed E-state index contributed by atoms with van der Waals surface area (Å²) in [5, 5.41) is 3.58. The maximum Gasteiger partial charge on any atom is 0.203 e. The van der Waals surface area contributed by atoms with Gasteiger partial charge in [-0.2, -0.15) is 0 Å². The van der Waals surface area contributed by atoms with E-state index in [0.717, 1.165) is 24.5 Å². The number of ether oxygens (including phenoxy) is 3. The second-order valence-electron chi connectivity index (χ2n) is 5.07. The number of nitrogens with one attached hydrogen (secondary N) is 1. The van der Waals surface area contributed by atoms with Crippen molar-refractivity contribution in [3.05, 3.63) is 17.7 Å². The molecule has 0 saturated carbocycles. The molecule has 4 nitrogen and oxygen atoms in total. The van der Waals surface area contributed by atoms with Crippen LogP contribution in [0.3, 0.4) is 0 Å². The summed E-state index contributed by atoms with van der Waals surface area (Å²) in [5.74, 6) is 2.24. The minimum Gasteiger partial charge on any atom is -0.493 e. The summed E-state index contributed by atoms with van der Waals surface area (Å²) in [6.45, 7) is 3.72. The van der Waals surface area contributed by atoms with Gasteiger partial charge in [-0.25, -0.2) is 0 Å².